The summed E-state index contributed by atoms with van der Waals surface area (Å²) < 4.78 is 40.5. The summed E-state index contributed by atoms with van der Waals surface area (Å²) in [5.74, 6) is 2.69. The highest BCUT2D eigenvalue weighted by Gasteiger charge is 1.85. The summed E-state index contributed by atoms with van der Waals surface area (Å²) in [6, 6.07) is 0. The first-order valence-corrected chi connectivity index (χ1v) is 10.1. The molecular weight excluding hydrogens is 348 g/mol. The third-order valence-electron chi connectivity index (χ3n) is 2.09. The van der Waals surface area contributed by atoms with Crippen LogP contribution in [0.5, 0.6) is 0 Å². The fourth-order valence-electron chi connectivity index (χ4n) is 0.577. The third-order valence-corrected chi connectivity index (χ3v) is 2.09. The normalized spacial score (nSPS) is 11.8. The Kier molecular flexibility index (Phi) is 70.9. The average molecular weight is 433 g/mol. The molecule has 0 radical (unpaired) electrons. The number of rotatable bonds is 4. The Labute approximate surface area is 204 Å². The average Bonchev–Trinajstić information content (AvgIpc) is 2.44. The van der Waals surface area contributed by atoms with E-state index in [1.54, 1.807) is 13.8 Å². The predicted molar refractivity (Wildman–Crippen MR) is 155 cm³/mol. The quantitative estimate of drug-likeness (QED) is 0.414. The molecule has 0 aliphatic rings. The van der Waals surface area contributed by atoms with Crippen molar-refractivity contribution in [3.8, 4) is 0 Å². The lowest BCUT2D eigenvalue weighted by molar-refractivity contribution is 0.576. The summed E-state index contributed by atoms with van der Waals surface area (Å²) in [5.41, 5.74) is 0. The van der Waals surface area contributed by atoms with Crippen molar-refractivity contribution in [2.45, 2.75) is 167 Å². The maximum Gasteiger partial charge on any atom is 0.0233 e. The topological polar surface area (TPSA) is 0 Å². The lowest BCUT2D eigenvalue weighted by Crippen LogP contribution is -1.81. The van der Waals surface area contributed by atoms with Crippen molar-refractivity contribution in [1.29, 1.82) is 0 Å². The van der Waals surface area contributed by atoms with Crippen molar-refractivity contribution in [3.63, 3.8) is 0 Å². The zero-order valence-electron chi connectivity index (χ0n) is 25.7. The van der Waals surface area contributed by atoms with Gasteiger partial charge in [-0.15, -0.1) is 0 Å². The molecule has 0 N–H and O–H groups in total. The van der Waals surface area contributed by atoms with Crippen LogP contribution in [0, 0.1) is 29.6 Å². The van der Waals surface area contributed by atoms with E-state index in [-0.39, 0.29) is 49.0 Å². The molecule has 0 amide bonds. The van der Waals surface area contributed by atoms with Crippen LogP contribution in [0.4, 0.5) is 0 Å². The largest absolute Gasteiger partial charge is 0.0776 e. The molecule has 0 unspecified atom stereocenters. The van der Waals surface area contributed by atoms with E-state index in [0.29, 0.717) is 6.42 Å². The smallest absolute Gasteiger partial charge is 0.0233 e. The van der Waals surface area contributed by atoms with Crippen molar-refractivity contribution in [1.82, 2.24) is 0 Å². The van der Waals surface area contributed by atoms with Crippen LogP contribution in [-0.4, -0.2) is 0 Å². The van der Waals surface area contributed by atoms with E-state index in [0.717, 1.165) is 17.8 Å². The summed E-state index contributed by atoms with van der Waals surface area (Å²) in [5, 5.41) is 0. The van der Waals surface area contributed by atoms with E-state index in [2.05, 4.69) is 62.3 Å². The summed E-state index contributed by atoms with van der Waals surface area (Å²) >= 11 is 0. The minimum absolute atomic E-state index is 0. The molecular formula is C29H78. The molecule has 0 aromatic carbocycles. The SMILES string of the molecule is C.C.C.C.C.CC(C)C.CCC(C)C.CCCC(C)C.[2H]C([2H])([2H])C(C)C.[2H]C([2H])([2H])CC(C)C. The molecule has 0 fully saturated rings. The van der Waals surface area contributed by atoms with Crippen LogP contribution in [0.3, 0.4) is 0 Å². The van der Waals surface area contributed by atoms with Crippen molar-refractivity contribution in [2.24, 2.45) is 29.6 Å². The molecule has 0 aromatic rings. The fourth-order valence-corrected chi connectivity index (χ4v) is 0.577. The zero-order chi connectivity index (χ0) is 25.7. The van der Waals surface area contributed by atoms with Crippen LogP contribution in [0.1, 0.15) is 175 Å². The molecule has 0 saturated carbocycles. The molecule has 0 heteroatoms. The maximum atomic E-state index is 6.80. The Balaban J connectivity index is -0.0000000274. The van der Waals surface area contributed by atoms with E-state index in [9.17, 15) is 0 Å². The fraction of sp³-hybridized carbons (Fsp3) is 1.00. The van der Waals surface area contributed by atoms with Gasteiger partial charge in [-0.2, -0.15) is 0 Å². The van der Waals surface area contributed by atoms with Crippen molar-refractivity contribution < 1.29 is 8.22 Å². The molecule has 0 spiro atoms. The van der Waals surface area contributed by atoms with Gasteiger partial charge in [-0.1, -0.05) is 167 Å². The van der Waals surface area contributed by atoms with Crippen molar-refractivity contribution in [3.05, 3.63) is 0 Å². The molecule has 29 heavy (non-hydrogen) atoms. The summed E-state index contributed by atoms with van der Waals surface area (Å²) in [6.45, 7) is 23.6. The lowest BCUT2D eigenvalue weighted by Gasteiger charge is -1.95. The van der Waals surface area contributed by atoms with Gasteiger partial charge in [0.2, 0.25) is 0 Å². The van der Waals surface area contributed by atoms with Gasteiger partial charge in [0, 0.05) is 8.22 Å². The summed E-state index contributed by atoms with van der Waals surface area (Å²) in [4.78, 5) is 0. The minimum Gasteiger partial charge on any atom is -0.0776 e. The van der Waals surface area contributed by atoms with Crippen molar-refractivity contribution >= 4 is 0 Å². The molecule has 0 aromatic heterocycles. The molecule has 0 bridgehead atoms. The van der Waals surface area contributed by atoms with E-state index < -0.39 is 13.7 Å². The standard InChI is InChI=1S/C6H14.2C5H12.2C4H10.5CH4/c1-4-5-6(2)3;2*1-4-5(2)3;2*1-4(2)3;;;;;/h6H,4-5H2,1-3H3;2*5H,4H2,1-3H3;2*4H,1-3H3;5*1H4/i;1D3;;1D3;;;;;;. The van der Waals surface area contributed by atoms with Crippen LogP contribution >= 0.6 is 0 Å². The third kappa shape index (κ3) is 386. The van der Waals surface area contributed by atoms with Crippen LogP contribution in [-0.2, 0) is 0 Å². The van der Waals surface area contributed by atoms with Gasteiger partial charge < -0.3 is 0 Å². The number of hydrogen-bond donors (Lipinski definition) is 0. The Hall–Kier alpha value is 0. The number of hydrogen-bond acceptors (Lipinski definition) is 0. The Morgan fingerprint density at radius 2 is 0.759 bits per heavy atom. The summed E-state index contributed by atoms with van der Waals surface area (Å²) in [7, 11) is 0. The van der Waals surface area contributed by atoms with Gasteiger partial charge in [0.15, 0.2) is 0 Å². The van der Waals surface area contributed by atoms with E-state index in [4.69, 9.17) is 8.22 Å². The molecule has 194 valence electrons. The molecule has 0 saturated heterocycles. The molecule has 0 nitrogen and oxygen atoms in total. The van der Waals surface area contributed by atoms with Gasteiger partial charge in [-0.05, 0) is 29.6 Å². The van der Waals surface area contributed by atoms with Gasteiger partial charge in [-0.3, -0.25) is 0 Å². The zero-order valence-corrected chi connectivity index (χ0v) is 19.7. The monoisotopic (exact) mass is 433 g/mol. The Morgan fingerprint density at radius 1 is 0.517 bits per heavy atom. The lowest BCUT2D eigenvalue weighted by atomic mass is 10.1. The van der Waals surface area contributed by atoms with Gasteiger partial charge in [0.05, 0.1) is 0 Å². The van der Waals surface area contributed by atoms with Crippen LogP contribution < -0.4 is 0 Å². The van der Waals surface area contributed by atoms with Gasteiger partial charge in [0.25, 0.3) is 0 Å². The van der Waals surface area contributed by atoms with Crippen LogP contribution in [0.2, 0.25) is 0 Å². The summed E-state index contributed by atoms with van der Waals surface area (Å²) in [6.07, 6.45) is 4.34. The second kappa shape index (κ2) is 56.5. The first kappa shape index (κ1) is 36.4. The second-order valence-electron chi connectivity index (χ2n) is 8.47. The van der Waals surface area contributed by atoms with E-state index >= 15 is 0 Å². The molecule has 0 rings (SSSR count). The highest BCUT2D eigenvalue weighted by molar-refractivity contribution is 4.38. The molecule has 0 aliphatic carbocycles. The first-order valence-electron chi connectivity index (χ1n) is 13.1. The highest BCUT2D eigenvalue weighted by atomic mass is 13.9. The predicted octanol–water partition coefficient (Wildman–Crippen LogP) is 13.1. The highest BCUT2D eigenvalue weighted by Crippen LogP contribution is 2.00. The minimum atomic E-state index is -1.75. The molecule has 0 heterocycles. The van der Waals surface area contributed by atoms with E-state index in [1.165, 1.54) is 19.3 Å². The van der Waals surface area contributed by atoms with Crippen LogP contribution in [0.15, 0.2) is 0 Å². The Morgan fingerprint density at radius 3 is 0.759 bits per heavy atom. The maximum absolute atomic E-state index is 6.80. The molecule has 0 atom stereocenters. The van der Waals surface area contributed by atoms with Gasteiger partial charge in [-0.25, -0.2) is 0 Å². The van der Waals surface area contributed by atoms with Crippen molar-refractivity contribution in [2.75, 3.05) is 0 Å². The molecule has 0 aliphatic heterocycles. The second-order valence-corrected chi connectivity index (χ2v) is 8.47. The van der Waals surface area contributed by atoms with Gasteiger partial charge >= 0.3 is 0 Å². The first-order chi connectivity index (χ1) is 13.1. The van der Waals surface area contributed by atoms with E-state index in [1.807, 2.05) is 13.8 Å². The van der Waals surface area contributed by atoms with Crippen LogP contribution in [0.25, 0.3) is 0 Å². The van der Waals surface area contributed by atoms with Gasteiger partial charge in [0.1, 0.15) is 0 Å². The Bertz CT molecular complexity index is 299.